The average molecular weight is 136 g/mol. The van der Waals surface area contributed by atoms with Crippen LogP contribution in [0.25, 0.3) is 0 Å². The van der Waals surface area contributed by atoms with Gasteiger partial charge in [-0.3, -0.25) is 0 Å². The molecule has 0 saturated heterocycles. The molecule has 0 aliphatic carbocycles. The SMILES string of the molecule is CCO[SiH](C)O[SiH3]. The van der Waals surface area contributed by atoms with Crippen LogP contribution in [0, 0.1) is 0 Å². The Kier molecular flexibility index (Phi) is 4.74. The first-order valence-corrected chi connectivity index (χ1v) is 5.37. The van der Waals surface area contributed by atoms with Crippen molar-refractivity contribution in [2.45, 2.75) is 13.5 Å². The first-order valence-electron chi connectivity index (χ1n) is 2.45. The second-order valence-corrected chi connectivity index (χ2v) is 4.61. The second kappa shape index (κ2) is 4.51. The van der Waals surface area contributed by atoms with Crippen molar-refractivity contribution in [3.63, 3.8) is 0 Å². The summed E-state index contributed by atoms with van der Waals surface area (Å²) < 4.78 is 10.2. The number of hydrogen-bond acceptors (Lipinski definition) is 2. The lowest BCUT2D eigenvalue weighted by atomic mass is 10.9. The molecule has 0 saturated carbocycles. The first kappa shape index (κ1) is 7.35. The van der Waals surface area contributed by atoms with E-state index in [9.17, 15) is 0 Å². The van der Waals surface area contributed by atoms with Crippen molar-refractivity contribution in [2.24, 2.45) is 0 Å². The highest BCUT2D eigenvalue weighted by atomic mass is 28.3. The molecule has 0 aromatic heterocycles. The van der Waals surface area contributed by atoms with Crippen molar-refractivity contribution >= 4 is 19.8 Å². The third kappa shape index (κ3) is 4.20. The van der Waals surface area contributed by atoms with E-state index < -0.39 is 9.28 Å². The predicted octanol–water partition coefficient (Wildman–Crippen LogP) is -0.830. The van der Waals surface area contributed by atoms with Crippen LogP contribution in [0.4, 0.5) is 0 Å². The van der Waals surface area contributed by atoms with Crippen LogP contribution >= 0.6 is 0 Å². The Balaban J connectivity index is 2.83. The Labute approximate surface area is 49.2 Å². The fourth-order valence-corrected chi connectivity index (χ4v) is 1.32. The molecule has 0 aromatic carbocycles. The minimum absolute atomic E-state index is 0.801. The Hall–Kier alpha value is 0.354. The highest BCUT2D eigenvalue weighted by Crippen LogP contribution is 1.81. The van der Waals surface area contributed by atoms with E-state index in [-0.39, 0.29) is 0 Å². The molecule has 0 aromatic rings. The zero-order valence-corrected chi connectivity index (χ0v) is 8.26. The molecule has 0 N–H and O–H groups in total. The molecule has 0 fully saturated rings. The van der Waals surface area contributed by atoms with Gasteiger partial charge >= 0.3 is 9.28 Å². The zero-order chi connectivity index (χ0) is 5.70. The lowest BCUT2D eigenvalue weighted by Crippen LogP contribution is -2.16. The minimum atomic E-state index is -1.12. The molecule has 0 amide bonds. The summed E-state index contributed by atoms with van der Waals surface area (Å²) in [4.78, 5) is 0. The van der Waals surface area contributed by atoms with Crippen LogP contribution in [-0.4, -0.2) is 26.4 Å². The van der Waals surface area contributed by atoms with Gasteiger partial charge in [0.1, 0.15) is 10.5 Å². The van der Waals surface area contributed by atoms with E-state index in [0.717, 1.165) is 17.1 Å². The van der Waals surface area contributed by atoms with Crippen LogP contribution in [0.2, 0.25) is 6.55 Å². The molecule has 0 radical (unpaired) electrons. The lowest BCUT2D eigenvalue weighted by Gasteiger charge is -2.05. The van der Waals surface area contributed by atoms with Crippen molar-refractivity contribution in [1.29, 1.82) is 0 Å². The van der Waals surface area contributed by atoms with Gasteiger partial charge in [0.05, 0.1) is 0 Å². The molecule has 0 bridgehead atoms. The fourth-order valence-electron chi connectivity index (χ4n) is 0.303. The van der Waals surface area contributed by atoms with E-state index in [4.69, 9.17) is 8.54 Å². The minimum Gasteiger partial charge on any atom is -0.447 e. The molecule has 0 aliphatic rings. The molecule has 1 unspecified atom stereocenters. The van der Waals surface area contributed by atoms with Gasteiger partial charge in [-0.1, -0.05) is 0 Å². The van der Waals surface area contributed by atoms with Crippen LogP contribution < -0.4 is 0 Å². The third-order valence-electron chi connectivity index (χ3n) is 0.733. The molecule has 2 nitrogen and oxygen atoms in total. The molecule has 4 heteroatoms. The summed E-state index contributed by atoms with van der Waals surface area (Å²) in [5.74, 6) is 0. The van der Waals surface area contributed by atoms with Crippen molar-refractivity contribution in [3.8, 4) is 0 Å². The summed E-state index contributed by atoms with van der Waals surface area (Å²) in [7, 11) is -0.296. The Morgan fingerprint density at radius 1 is 1.71 bits per heavy atom. The fraction of sp³-hybridized carbons (Fsp3) is 1.00. The molecule has 0 heterocycles. The maximum absolute atomic E-state index is 5.14. The summed E-state index contributed by atoms with van der Waals surface area (Å²) in [6.07, 6.45) is 0. The molecule has 7 heavy (non-hydrogen) atoms. The predicted molar refractivity (Wildman–Crippen MR) is 35.7 cm³/mol. The van der Waals surface area contributed by atoms with Gasteiger partial charge in [0.2, 0.25) is 0 Å². The Bertz CT molecular complexity index is 41.9. The van der Waals surface area contributed by atoms with Gasteiger partial charge in [-0.05, 0) is 13.5 Å². The molecular weight excluding hydrogens is 124 g/mol. The topological polar surface area (TPSA) is 18.5 Å². The smallest absolute Gasteiger partial charge is 0.307 e. The molecule has 0 aliphatic heterocycles. The second-order valence-electron chi connectivity index (χ2n) is 1.26. The standard InChI is InChI=1S/C3H12O2Si2/c1-3-4-7(2)5-6/h7H,3H2,1-2,6H3. The van der Waals surface area contributed by atoms with E-state index in [1.165, 1.54) is 0 Å². The van der Waals surface area contributed by atoms with Crippen molar-refractivity contribution < 1.29 is 8.54 Å². The summed E-state index contributed by atoms with van der Waals surface area (Å²) >= 11 is 0. The van der Waals surface area contributed by atoms with E-state index in [0.29, 0.717) is 0 Å². The third-order valence-corrected chi connectivity index (χ3v) is 4.19. The highest BCUT2D eigenvalue weighted by Gasteiger charge is 1.96. The van der Waals surface area contributed by atoms with E-state index in [1.807, 2.05) is 13.5 Å². The van der Waals surface area contributed by atoms with Gasteiger partial charge < -0.3 is 8.54 Å². The largest absolute Gasteiger partial charge is 0.447 e. The summed E-state index contributed by atoms with van der Waals surface area (Å²) in [5, 5.41) is 0. The average Bonchev–Trinajstić information content (AvgIpc) is 1.68. The molecule has 0 spiro atoms. The Morgan fingerprint density at radius 2 is 2.29 bits per heavy atom. The Morgan fingerprint density at radius 3 is 2.43 bits per heavy atom. The maximum Gasteiger partial charge on any atom is 0.307 e. The van der Waals surface area contributed by atoms with Gasteiger partial charge in [-0.2, -0.15) is 0 Å². The zero-order valence-electron chi connectivity index (χ0n) is 5.10. The molecule has 1 atom stereocenters. The van der Waals surface area contributed by atoms with Gasteiger partial charge in [0.15, 0.2) is 0 Å². The normalized spacial score (nSPS) is 14.6. The quantitative estimate of drug-likeness (QED) is 0.472. The summed E-state index contributed by atoms with van der Waals surface area (Å²) in [5.41, 5.74) is 0. The lowest BCUT2D eigenvalue weighted by molar-refractivity contribution is 0.294. The summed E-state index contributed by atoms with van der Waals surface area (Å²) in [6, 6.07) is 0. The van der Waals surface area contributed by atoms with Gasteiger partial charge in [0.25, 0.3) is 0 Å². The van der Waals surface area contributed by atoms with Crippen LogP contribution in [0.1, 0.15) is 6.92 Å². The maximum atomic E-state index is 5.14. The van der Waals surface area contributed by atoms with E-state index in [2.05, 4.69) is 0 Å². The van der Waals surface area contributed by atoms with Crippen LogP contribution in [0.5, 0.6) is 0 Å². The van der Waals surface area contributed by atoms with E-state index in [1.54, 1.807) is 0 Å². The monoisotopic (exact) mass is 136 g/mol. The van der Waals surface area contributed by atoms with E-state index >= 15 is 0 Å². The first-order chi connectivity index (χ1) is 3.31. The van der Waals surface area contributed by atoms with Crippen molar-refractivity contribution in [3.05, 3.63) is 0 Å². The molecule has 44 valence electrons. The highest BCUT2D eigenvalue weighted by molar-refractivity contribution is 6.47. The van der Waals surface area contributed by atoms with Crippen LogP contribution in [-0.2, 0) is 8.54 Å². The van der Waals surface area contributed by atoms with Crippen molar-refractivity contribution in [1.82, 2.24) is 0 Å². The van der Waals surface area contributed by atoms with Crippen LogP contribution in [0.15, 0.2) is 0 Å². The molecular formula is C3H12O2Si2. The van der Waals surface area contributed by atoms with Crippen molar-refractivity contribution in [2.75, 3.05) is 6.61 Å². The molecule has 0 rings (SSSR count). The number of hydrogen-bond donors (Lipinski definition) is 0. The summed E-state index contributed by atoms with van der Waals surface area (Å²) in [6.45, 7) is 4.83. The van der Waals surface area contributed by atoms with Crippen LogP contribution in [0.3, 0.4) is 0 Å². The number of rotatable bonds is 3. The van der Waals surface area contributed by atoms with Gasteiger partial charge in [0, 0.05) is 6.61 Å². The van der Waals surface area contributed by atoms with Gasteiger partial charge in [-0.25, -0.2) is 0 Å². The van der Waals surface area contributed by atoms with Gasteiger partial charge in [-0.15, -0.1) is 0 Å².